The number of aryl methyl sites for hydroxylation is 1. The Morgan fingerprint density at radius 1 is 1.00 bits per heavy atom. The summed E-state index contributed by atoms with van der Waals surface area (Å²) >= 11 is 0. The van der Waals surface area contributed by atoms with Gasteiger partial charge in [-0.15, -0.1) is 0 Å². The van der Waals surface area contributed by atoms with Crippen LogP contribution in [0.1, 0.15) is 17.3 Å². The van der Waals surface area contributed by atoms with Gasteiger partial charge in [0.2, 0.25) is 11.7 Å². The Labute approximate surface area is 149 Å². The molecule has 3 rings (SSSR count). The Morgan fingerprint density at radius 3 is 2.42 bits per heavy atom. The second-order valence-corrected chi connectivity index (χ2v) is 7.61. The predicted molar refractivity (Wildman–Crippen MR) is 90.4 cm³/mol. The number of methoxy groups -OCH3 is 2. The lowest BCUT2D eigenvalue weighted by Gasteiger charge is -2.07. The Bertz CT molecular complexity index is 1010. The number of nitrogens with zero attached hydrogens (tertiary/aromatic N) is 3. The van der Waals surface area contributed by atoms with Crippen LogP contribution in [0.2, 0.25) is 0 Å². The molecule has 10 heteroatoms. The van der Waals surface area contributed by atoms with Crippen LogP contribution in [0.3, 0.4) is 0 Å². The van der Waals surface area contributed by atoms with Gasteiger partial charge in [0.05, 0.1) is 25.7 Å². The van der Waals surface area contributed by atoms with Gasteiger partial charge in [0.25, 0.3) is 0 Å². The van der Waals surface area contributed by atoms with E-state index in [9.17, 15) is 8.42 Å². The summed E-state index contributed by atoms with van der Waals surface area (Å²) in [7, 11) is -0.482. The summed E-state index contributed by atoms with van der Waals surface area (Å²) in [5.74, 6) is 1.21. The highest BCUT2D eigenvalue weighted by molar-refractivity contribution is 7.89. The zero-order chi connectivity index (χ0) is 18.7. The van der Waals surface area contributed by atoms with Crippen LogP contribution in [-0.4, -0.2) is 37.9 Å². The highest BCUT2D eigenvalue weighted by Gasteiger charge is 2.21. The maximum atomic E-state index is 12.3. The smallest absolute Gasteiger partial charge is 0.242 e. The molecule has 0 saturated carbocycles. The molecule has 0 atom stereocenters. The lowest BCUT2D eigenvalue weighted by molar-refractivity contribution is 0.355. The van der Waals surface area contributed by atoms with Crippen molar-refractivity contribution in [3.8, 4) is 22.9 Å². The first-order chi connectivity index (χ1) is 12.4. The first-order valence-corrected chi connectivity index (χ1v) is 9.40. The van der Waals surface area contributed by atoms with E-state index in [1.165, 1.54) is 14.2 Å². The maximum absolute atomic E-state index is 12.3. The monoisotopic (exact) mass is 379 g/mol. The molecule has 26 heavy (non-hydrogen) atoms. The highest BCUT2D eigenvalue weighted by atomic mass is 32.2. The van der Waals surface area contributed by atoms with Gasteiger partial charge in [-0.05, 0) is 25.1 Å². The lowest BCUT2D eigenvalue weighted by Crippen LogP contribution is -2.08. The van der Waals surface area contributed by atoms with E-state index >= 15 is 0 Å². The van der Waals surface area contributed by atoms with Gasteiger partial charge in [0, 0.05) is 11.6 Å². The van der Waals surface area contributed by atoms with E-state index in [2.05, 4.69) is 15.3 Å². The third-order valence-corrected chi connectivity index (χ3v) is 4.92. The lowest BCUT2D eigenvalue weighted by atomic mass is 10.2. The average molecular weight is 379 g/mol. The van der Waals surface area contributed by atoms with Crippen LogP contribution >= 0.6 is 0 Å². The summed E-state index contributed by atoms with van der Waals surface area (Å²) in [4.78, 5) is 4.15. The molecule has 3 aromatic rings. The molecule has 0 aliphatic carbocycles. The van der Waals surface area contributed by atoms with Crippen LogP contribution in [0, 0.1) is 6.92 Å². The zero-order valence-electron chi connectivity index (χ0n) is 14.4. The van der Waals surface area contributed by atoms with Gasteiger partial charge in [0.1, 0.15) is 11.5 Å². The molecule has 2 heterocycles. The minimum Gasteiger partial charge on any atom is -0.493 e. The quantitative estimate of drug-likeness (QED) is 0.608. The molecule has 0 bridgehead atoms. The van der Waals surface area contributed by atoms with Crippen molar-refractivity contribution in [2.24, 2.45) is 0 Å². The molecule has 1 aromatic carbocycles. The largest absolute Gasteiger partial charge is 0.493 e. The van der Waals surface area contributed by atoms with Crippen LogP contribution in [0.5, 0.6) is 11.5 Å². The molecule has 0 aliphatic rings. The normalized spacial score (nSPS) is 11.5. The second kappa shape index (κ2) is 7.16. The molecule has 0 amide bonds. The summed E-state index contributed by atoms with van der Waals surface area (Å²) in [6, 6.07) is 6.68. The van der Waals surface area contributed by atoms with Crippen molar-refractivity contribution in [2.45, 2.75) is 18.4 Å². The van der Waals surface area contributed by atoms with Crippen molar-refractivity contribution in [2.75, 3.05) is 14.2 Å². The number of benzene rings is 1. The van der Waals surface area contributed by atoms with E-state index in [0.29, 0.717) is 28.5 Å². The average Bonchev–Trinajstić information content (AvgIpc) is 3.22. The molecule has 0 radical (unpaired) electrons. The Balaban J connectivity index is 1.77. The zero-order valence-corrected chi connectivity index (χ0v) is 15.2. The van der Waals surface area contributed by atoms with Crippen LogP contribution in [0.4, 0.5) is 0 Å². The van der Waals surface area contributed by atoms with E-state index in [1.807, 2.05) is 0 Å². The number of sulfone groups is 1. The van der Waals surface area contributed by atoms with Crippen LogP contribution < -0.4 is 9.47 Å². The van der Waals surface area contributed by atoms with Crippen molar-refractivity contribution in [3.05, 3.63) is 41.6 Å². The fourth-order valence-corrected chi connectivity index (χ4v) is 3.54. The fourth-order valence-electron chi connectivity index (χ4n) is 2.36. The topological polar surface area (TPSA) is 118 Å². The summed E-state index contributed by atoms with van der Waals surface area (Å²) in [6.45, 7) is 1.69. The number of hydrogen-bond acceptors (Lipinski definition) is 9. The van der Waals surface area contributed by atoms with Gasteiger partial charge in [0.15, 0.2) is 21.3 Å². The second-order valence-electron chi connectivity index (χ2n) is 5.54. The number of ether oxygens (including phenoxy) is 2. The van der Waals surface area contributed by atoms with Crippen LogP contribution in [-0.2, 0) is 21.3 Å². The van der Waals surface area contributed by atoms with Gasteiger partial charge >= 0.3 is 0 Å². The SMILES string of the molecule is COc1ccc(-c2noc(CS(=O)(=O)Cc3cc(C)on3)n2)cc1OC. The van der Waals surface area contributed by atoms with E-state index < -0.39 is 9.84 Å². The molecular formula is C16H17N3O6S. The Morgan fingerprint density at radius 2 is 1.77 bits per heavy atom. The third kappa shape index (κ3) is 4.02. The van der Waals surface area contributed by atoms with Crippen molar-refractivity contribution in [1.29, 1.82) is 0 Å². The summed E-state index contributed by atoms with van der Waals surface area (Å²) < 4.78 is 44.9. The molecule has 138 valence electrons. The minimum absolute atomic E-state index is 0.00463. The van der Waals surface area contributed by atoms with E-state index in [1.54, 1.807) is 31.2 Å². The molecule has 0 aliphatic heterocycles. The molecule has 0 fully saturated rings. The van der Waals surface area contributed by atoms with Gasteiger partial charge in [-0.2, -0.15) is 4.98 Å². The molecule has 0 N–H and O–H groups in total. The number of aromatic nitrogens is 3. The standard InChI is InChI=1S/C16H17N3O6S/c1-10-6-12(18-24-10)8-26(20,21)9-15-17-16(19-25-15)11-4-5-13(22-2)14(7-11)23-3/h4-7H,8-9H2,1-3H3. The first-order valence-electron chi connectivity index (χ1n) is 7.58. The highest BCUT2D eigenvalue weighted by Crippen LogP contribution is 2.31. The summed E-state index contributed by atoms with van der Waals surface area (Å²) in [6.07, 6.45) is 0. The van der Waals surface area contributed by atoms with Gasteiger partial charge in [-0.1, -0.05) is 10.3 Å². The molecule has 0 saturated heterocycles. The van der Waals surface area contributed by atoms with Gasteiger partial charge in [-0.25, -0.2) is 8.42 Å². The fraction of sp³-hybridized carbons (Fsp3) is 0.312. The summed E-state index contributed by atoms with van der Waals surface area (Å²) in [5, 5.41) is 7.52. The summed E-state index contributed by atoms with van der Waals surface area (Å²) in [5.41, 5.74) is 0.948. The minimum atomic E-state index is -3.53. The number of hydrogen-bond donors (Lipinski definition) is 0. The molecule has 9 nitrogen and oxygen atoms in total. The Hall–Kier alpha value is -2.88. The molecular weight excluding hydrogens is 362 g/mol. The maximum Gasteiger partial charge on any atom is 0.242 e. The van der Waals surface area contributed by atoms with E-state index in [4.69, 9.17) is 18.5 Å². The van der Waals surface area contributed by atoms with Crippen LogP contribution in [0.25, 0.3) is 11.4 Å². The number of rotatable bonds is 7. The Kier molecular flexibility index (Phi) is 4.94. The molecule has 0 unspecified atom stereocenters. The third-order valence-electron chi connectivity index (χ3n) is 3.50. The van der Waals surface area contributed by atoms with Gasteiger partial charge in [-0.3, -0.25) is 0 Å². The van der Waals surface area contributed by atoms with Crippen molar-refractivity contribution in [1.82, 2.24) is 15.3 Å². The van der Waals surface area contributed by atoms with Crippen molar-refractivity contribution in [3.63, 3.8) is 0 Å². The van der Waals surface area contributed by atoms with Gasteiger partial charge < -0.3 is 18.5 Å². The van der Waals surface area contributed by atoms with E-state index in [0.717, 1.165) is 0 Å². The van der Waals surface area contributed by atoms with Crippen molar-refractivity contribution >= 4 is 9.84 Å². The first kappa shape index (κ1) is 17.9. The molecule has 2 aromatic heterocycles. The molecule has 0 spiro atoms. The van der Waals surface area contributed by atoms with Crippen molar-refractivity contribution < 1.29 is 26.9 Å². The van der Waals surface area contributed by atoms with Crippen LogP contribution in [0.15, 0.2) is 33.3 Å². The van der Waals surface area contributed by atoms with E-state index in [-0.39, 0.29) is 23.2 Å². The predicted octanol–water partition coefficient (Wildman–Crippen LogP) is 2.17.